The van der Waals surface area contributed by atoms with Gasteiger partial charge in [-0.1, -0.05) is 0 Å². The molecule has 0 fully saturated rings. The van der Waals surface area contributed by atoms with E-state index in [-0.39, 0.29) is 11.5 Å². The molecule has 1 aliphatic heterocycles. The molecule has 54 heavy (non-hydrogen) atoms. The molecule has 11 N–H and O–H groups in total. The molecule has 1 heterocycles. The van der Waals surface area contributed by atoms with E-state index in [1.807, 2.05) is 0 Å². The summed E-state index contributed by atoms with van der Waals surface area (Å²) in [5.74, 6) is 2.18. The van der Waals surface area contributed by atoms with Gasteiger partial charge in [0.05, 0.1) is 0 Å². The van der Waals surface area contributed by atoms with E-state index in [9.17, 15) is 5.11 Å². The maximum absolute atomic E-state index is 10.2. The summed E-state index contributed by atoms with van der Waals surface area (Å²) >= 11 is 0. The fourth-order valence-corrected chi connectivity index (χ4v) is 12.1. The zero-order chi connectivity index (χ0) is 37.7. The Bertz CT molecular complexity index is 2170. The Hall–Kier alpha value is -6.07. The minimum atomic E-state index is -4.01. The highest BCUT2D eigenvalue weighted by molar-refractivity contribution is 7.78. The number of aromatic hydroxyl groups is 1. The zero-order valence-electron chi connectivity index (χ0n) is 28.3. The Labute approximate surface area is 313 Å². The second-order valence-corrected chi connectivity index (χ2v) is 17.0. The molecule has 3 unspecified atom stereocenters. The van der Waals surface area contributed by atoms with Crippen LogP contribution in [0.4, 0.5) is 28.4 Å². The molecule has 0 saturated carbocycles. The molecule has 1 aliphatic rings. The molecule has 0 aromatic heterocycles. The molecule has 0 amide bonds. The smallest absolute Gasteiger partial charge is 0.447 e. The summed E-state index contributed by atoms with van der Waals surface area (Å²) < 4.78 is 35.2. The first-order valence-electron chi connectivity index (χ1n) is 16.1. The van der Waals surface area contributed by atoms with Crippen LogP contribution in [-0.4, -0.2) is 14.3 Å². The SMILES string of the molecule is Nc1ccc(ON2P(Oc3ccc(N)cc3)N=P(Oc3ccc(N)cc3)(Oc3ccc(O)cc3)N(Oc3ccc(N)cc3)P2Oc2ccc(N)cc2)cc1. The molecule has 7 rings (SSSR count). The summed E-state index contributed by atoms with van der Waals surface area (Å²) in [7, 11) is -8.63. The van der Waals surface area contributed by atoms with Crippen molar-refractivity contribution in [1.82, 2.24) is 9.21 Å². The summed E-state index contributed by atoms with van der Waals surface area (Å²) in [5.41, 5.74) is 32.8. The number of hydrogen-bond donors (Lipinski definition) is 6. The van der Waals surface area contributed by atoms with E-state index in [4.69, 9.17) is 61.0 Å². The molecule has 276 valence electrons. The number of anilines is 5. The second-order valence-electron chi connectivity index (χ2n) is 11.5. The number of benzene rings is 6. The summed E-state index contributed by atoms with van der Waals surface area (Å²) in [4.78, 5) is 13.3. The number of nitrogens with zero attached hydrogens (tertiary/aromatic N) is 3. The van der Waals surface area contributed by atoms with Crippen molar-refractivity contribution in [3.63, 3.8) is 0 Å². The Morgan fingerprint density at radius 1 is 0.444 bits per heavy atom. The minimum Gasteiger partial charge on any atom is -0.508 e. The van der Waals surface area contributed by atoms with Crippen LogP contribution in [0.3, 0.4) is 0 Å². The van der Waals surface area contributed by atoms with Crippen LogP contribution in [0.15, 0.2) is 150 Å². The van der Waals surface area contributed by atoms with Gasteiger partial charge in [0.25, 0.3) is 0 Å². The lowest BCUT2D eigenvalue weighted by molar-refractivity contribution is 0.0546. The number of nitrogens with two attached hydrogens (primary N) is 5. The van der Waals surface area contributed by atoms with E-state index in [0.717, 1.165) is 0 Å². The van der Waals surface area contributed by atoms with Gasteiger partial charge in [-0.15, -0.1) is 4.52 Å². The molecular formula is C36H35N8O7P3. The fraction of sp³-hybridized carbons (Fsp3) is 0. The standard InChI is InChI=1S/C36H35N8O7P3/c37-25-1-13-31(14-2-25)46-43-52(48-33-17-5-27(39)6-18-33)42-54(50-35-21-9-29(41)10-22-35,51-36-23-11-30(45)12-24-36)44(47-32-15-3-26(38)4-16-32)53(43)49-34-19-7-28(40)8-20-34/h1-24,45H,37-41H2. The van der Waals surface area contributed by atoms with Crippen molar-refractivity contribution in [2.45, 2.75) is 0 Å². The summed E-state index contributed by atoms with van der Waals surface area (Å²) in [6.07, 6.45) is 0. The summed E-state index contributed by atoms with van der Waals surface area (Å²) in [6, 6.07) is 39.9. The molecule has 6 aromatic carbocycles. The van der Waals surface area contributed by atoms with Crippen molar-refractivity contribution in [3.05, 3.63) is 146 Å². The maximum atomic E-state index is 10.2. The minimum absolute atomic E-state index is 0.0238. The van der Waals surface area contributed by atoms with Crippen molar-refractivity contribution < 1.29 is 32.9 Å². The van der Waals surface area contributed by atoms with Crippen LogP contribution < -0.4 is 56.4 Å². The highest BCUT2D eigenvalue weighted by Gasteiger charge is 2.58. The van der Waals surface area contributed by atoms with Gasteiger partial charge in [0.1, 0.15) is 40.2 Å². The van der Waals surface area contributed by atoms with E-state index >= 15 is 0 Å². The van der Waals surface area contributed by atoms with Gasteiger partial charge in [0.15, 0.2) is 0 Å². The lowest BCUT2D eigenvalue weighted by atomic mass is 10.3. The molecule has 15 nitrogen and oxygen atoms in total. The average molecular weight is 785 g/mol. The van der Waals surface area contributed by atoms with Crippen LogP contribution >= 0.6 is 24.6 Å². The summed E-state index contributed by atoms with van der Waals surface area (Å²) in [6.45, 7) is 0. The van der Waals surface area contributed by atoms with Crippen molar-refractivity contribution in [2.24, 2.45) is 4.52 Å². The fourth-order valence-electron chi connectivity index (χ4n) is 4.60. The van der Waals surface area contributed by atoms with E-state index in [1.165, 1.54) is 21.3 Å². The van der Waals surface area contributed by atoms with Crippen molar-refractivity contribution >= 4 is 53.0 Å². The highest BCUT2D eigenvalue weighted by atomic mass is 31.3. The van der Waals surface area contributed by atoms with Gasteiger partial charge in [-0.05, 0) is 146 Å². The highest BCUT2D eigenvalue weighted by Crippen LogP contribution is 2.77. The van der Waals surface area contributed by atoms with Crippen LogP contribution in [0.25, 0.3) is 0 Å². The Kier molecular flexibility index (Phi) is 10.7. The van der Waals surface area contributed by atoms with E-state index in [2.05, 4.69) is 0 Å². The van der Waals surface area contributed by atoms with Gasteiger partial charge in [0.2, 0.25) is 0 Å². The number of rotatable bonds is 12. The molecular weight excluding hydrogens is 749 g/mol. The predicted octanol–water partition coefficient (Wildman–Crippen LogP) is 8.92. The van der Waals surface area contributed by atoms with Crippen LogP contribution in [0.5, 0.6) is 40.2 Å². The van der Waals surface area contributed by atoms with Gasteiger partial charge in [-0.2, -0.15) is 0 Å². The Morgan fingerprint density at radius 2 is 0.796 bits per heavy atom. The molecule has 3 atom stereocenters. The number of phenolic OH excluding ortho intramolecular Hbond substituents is 1. The number of nitrogen functional groups attached to an aromatic ring is 5. The van der Waals surface area contributed by atoms with Gasteiger partial charge >= 0.3 is 24.6 Å². The lowest BCUT2D eigenvalue weighted by Gasteiger charge is -2.43. The first kappa shape index (κ1) is 36.3. The van der Waals surface area contributed by atoms with Gasteiger partial charge in [0, 0.05) is 37.6 Å². The normalized spacial score (nSPS) is 18.5. The average Bonchev–Trinajstić information content (AvgIpc) is 3.16. The van der Waals surface area contributed by atoms with Gasteiger partial charge in [-0.3, -0.25) is 0 Å². The third-order valence-electron chi connectivity index (χ3n) is 7.28. The topological polar surface area (TPSA) is 225 Å². The van der Waals surface area contributed by atoms with Crippen molar-refractivity contribution in [3.8, 4) is 40.2 Å². The molecule has 6 aromatic rings. The Balaban J connectivity index is 1.48. The summed E-state index contributed by atoms with van der Waals surface area (Å²) in [5, 5.41) is 10.2. The monoisotopic (exact) mass is 784 g/mol. The number of hydrogen-bond acceptors (Lipinski definition) is 15. The third-order valence-corrected chi connectivity index (χ3v) is 14.1. The molecule has 0 bridgehead atoms. The van der Waals surface area contributed by atoms with Crippen molar-refractivity contribution in [2.75, 3.05) is 28.7 Å². The van der Waals surface area contributed by atoms with E-state index < -0.39 is 24.6 Å². The van der Waals surface area contributed by atoms with Crippen LogP contribution in [-0.2, 0) is 0 Å². The lowest BCUT2D eigenvalue weighted by Crippen LogP contribution is -2.37. The van der Waals surface area contributed by atoms with Gasteiger partial charge < -0.3 is 61.5 Å². The van der Waals surface area contributed by atoms with Gasteiger partial charge in [-0.25, -0.2) is 0 Å². The molecule has 0 spiro atoms. The first-order chi connectivity index (χ1) is 26.1. The largest absolute Gasteiger partial charge is 0.508 e. The zero-order valence-corrected chi connectivity index (χ0v) is 31.0. The predicted molar refractivity (Wildman–Crippen MR) is 213 cm³/mol. The molecule has 0 radical (unpaired) electrons. The molecule has 0 saturated heterocycles. The first-order valence-corrected chi connectivity index (χ1v) is 20.0. The van der Waals surface area contributed by atoms with E-state index in [1.54, 1.807) is 133 Å². The van der Waals surface area contributed by atoms with E-state index in [0.29, 0.717) is 57.2 Å². The maximum Gasteiger partial charge on any atom is 0.447 e. The van der Waals surface area contributed by atoms with Crippen LogP contribution in [0, 0.1) is 0 Å². The molecule has 0 aliphatic carbocycles. The number of phenols is 1. The van der Waals surface area contributed by atoms with Crippen LogP contribution in [0.1, 0.15) is 0 Å². The second kappa shape index (κ2) is 15.9. The molecule has 18 heteroatoms. The third kappa shape index (κ3) is 8.75. The Morgan fingerprint density at radius 3 is 1.24 bits per heavy atom. The van der Waals surface area contributed by atoms with Crippen LogP contribution in [0.2, 0.25) is 0 Å². The quantitative estimate of drug-likeness (QED) is 0.0503. The van der Waals surface area contributed by atoms with Crippen molar-refractivity contribution in [1.29, 1.82) is 0 Å².